The molecule has 1 aliphatic heterocycles. The highest BCUT2D eigenvalue weighted by Gasteiger charge is 2.22. The highest BCUT2D eigenvalue weighted by molar-refractivity contribution is 14.0. The fraction of sp³-hybridized carbons (Fsp3) is 0.667. The van der Waals surface area contributed by atoms with E-state index in [4.69, 9.17) is 0 Å². The summed E-state index contributed by atoms with van der Waals surface area (Å²) in [7, 11) is 1.87. The van der Waals surface area contributed by atoms with Crippen LogP contribution in [0.15, 0.2) is 35.3 Å². The molecule has 1 heterocycles. The van der Waals surface area contributed by atoms with Crippen molar-refractivity contribution in [2.24, 2.45) is 10.4 Å². The lowest BCUT2D eigenvalue weighted by Gasteiger charge is -2.33. The van der Waals surface area contributed by atoms with Gasteiger partial charge in [-0.05, 0) is 43.2 Å². The van der Waals surface area contributed by atoms with Crippen molar-refractivity contribution in [2.75, 3.05) is 33.2 Å². The number of hydrogen-bond donors (Lipinski definition) is 2. The summed E-state index contributed by atoms with van der Waals surface area (Å²) in [5.41, 5.74) is 1.57. The third-order valence-corrected chi connectivity index (χ3v) is 4.95. The van der Waals surface area contributed by atoms with Crippen LogP contribution in [0.3, 0.4) is 0 Å². The number of rotatable bonds is 7. The first-order chi connectivity index (χ1) is 12.0. The van der Waals surface area contributed by atoms with Gasteiger partial charge in [0.1, 0.15) is 0 Å². The standard InChI is InChI=1S/C21H36N4.HI/c1-5-13-25-14-11-19(12-15-25)24-20(22-4)23-17-21(2,3)16-18-9-7-6-8-10-18;/h6-10,19H,5,11-17H2,1-4H3,(H2,22,23,24);1H. The van der Waals surface area contributed by atoms with Crippen LogP contribution in [0.4, 0.5) is 0 Å². The third-order valence-electron chi connectivity index (χ3n) is 4.95. The zero-order chi connectivity index (χ0) is 18.1. The molecule has 1 aliphatic rings. The minimum absolute atomic E-state index is 0. The van der Waals surface area contributed by atoms with Gasteiger partial charge in [-0.15, -0.1) is 24.0 Å². The average molecular weight is 472 g/mol. The summed E-state index contributed by atoms with van der Waals surface area (Å²) in [6, 6.07) is 11.3. The molecule has 1 saturated heterocycles. The maximum Gasteiger partial charge on any atom is 0.191 e. The number of nitrogens with one attached hydrogen (secondary N) is 2. The number of benzene rings is 1. The molecule has 0 spiro atoms. The van der Waals surface area contributed by atoms with Gasteiger partial charge in [0.25, 0.3) is 0 Å². The summed E-state index contributed by atoms with van der Waals surface area (Å²) in [6.45, 7) is 11.4. The summed E-state index contributed by atoms with van der Waals surface area (Å²) < 4.78 is 0. The van der Waals surface area contributed by atoms with Gasteiger partial charge in [-0.2, -0.15) is 0 Å². The molecule has 0 amide bonds. The minimum atomic E-state index is 0. The lowest BCUT2D eigenvalue weighted by molar-refractivity contribution is 0.206. The highest BCUT2D eigenvalue weighted by Crippen LogP contribution is 2.20. The zero-order valence-corrected chi connectivity index (χ0v) is 19.3. The second-order valence-electron chi connectivity index (χ2n) is 8.01. The number of piperidine rings is 1. The molecule has 1 aromatic carbocycles. The van der Waals surface area contributed by atoms with Gasteiger partial charge in [0.2, 0.25) is 0 Å². The minimum Gasteiger partial charge on any atom is -0.356 e. The van der Waals surface area contributed by atoms with Crippen LogP contribution in [-0.4, -0.2) is 50.1 Å². The molecule has 1 aromatic rings. The molecule has 1 fully saturated rings. The molecule has 2 N–H and O–H groups in total. The molecule has 26 heavy (non-hydrogen) atoms. The maximum absolute atomic E-state index is 4.43. The van der Waals surface area contributed by atoms with Gasteiger partial charge in [-0.3, -0.25) is 4.99 Å². The first kappa shape index (κ1) is 23.2. The quantitative estimate of drug-likeness (QED) is 0.359. The van der Waals surface area contributed by atoms with Gasteiger partial charge in [-0.25, -0.2) is 0 Å². The molecule has 0 aliphatic carbocycles. The van der Waals surface area contributed by atoms with Crippen LogP contribution < -0.4 is 10.6 Å². The number of likely N-dealkylation sites (tertiary alicyclic amines) is 1. The third kappa shape index (κ3) is 8.25. The molecular formula is C21H37IN4. The Bertz CT molecular complexity index is 522. The molecule has 5 heteroatoms. The molecule has 4 nitrogen and oxygen atoms in total. The van der Waals surface area contributed by atoms with Crippen LogP contribution in [0.2, 0.25) is 0 Å². The van der Waals surface area contributed by atoms with Gasteiger partial charge in [-0.1, -0.05) is 51.1 Å². The molecule has 0 atom stereocenters. The lowest BCUT2D eigenvalue weighted by atomic mass is 9.86. The van der Waals surface area contributed by atoms with Crippen molar-refractivity contribution in [3.8, 4) is 0 Å². The van der Waals surface area contributed by atoms with E-state index in [0.717, 1.165) is 18.9 Å². The average Bonchev–Trinajstić information content (AvgIpc) is 2.61. The summed E-state index contributed by atoms with van der Waals surface area (Å²) in [5, 5.41) is 7.16. The number of guanidine groups is 1. The largest absolute Gasteiger partial charge is 0.356 e. The predicted molar refractivity (Wildman–Crippen MR) is 124 cm³/mol. The number of nitrogens with zero attached hydrogens (tertiary/aromatic N) is 2. The van der Waals surface area contributed by atoms with Crippen molar-refractivity contribution in [1.29, 1.82) is 0 Å². The van der Waals surface area contributed by atoms with Crippen molar-refractivity contribution in [1.82, 2.24) is 15.5 Å². The van der Waals surface area contributed by atoms with Crippen LogP contribution >= 0.6 is 24.0 Å². The van der Waals surface area contributed by atoms with E-state index in [1.807, 2.05) is 7.05 Å². The number of aliphatic imine (C=N–C) groups is 1. The Labute approximate surface area is 177 Å². The van der Waals surface area contributed by atoms with E-state index in [-0.39, 0.29) is 29.4 Å². The van der Waals surface area contributed by atoms with Crippen LogP contribution in [0.5, 0.6) is 0 Å². The summed E-state index contributed by atoms with van der Waals surface area (Å²) >= 11 is 0. The van der Waals surface area contributed by atoms with E-state index in [2.05, 4.69) is 71.6 Å². The fourth-order valence-corrected chi connectivity index (χ4v) is 3.54. The van der Waals surface area contributed by atoms with E-state index in [0.29, 0.717) is 6.04 Å². The molecule has 2 rings (SSSR count). The topological polar surface area (TPSA) is 39.7 Å². The zero-order valence-electron chi connectivity index (χ0n) is 16.9. The lowest BCUT2D eigenvalue weighted by Crippen LogP contribution is -2.50. The van der Waals surface area contributed by atoms with Crippen LogP contribution in [-0.2, 0) is 6.42 Å². The molecular weight excluding hydrogens is 435 g/mol. The molecule has 0 bridgehead atoms. The molecule has 0 unspecified atom stereocenters. The second-order valence-corrected chi connectivity index (χ2v) is 8.01. The first-order valence-corrected chi connectivity index (χ1v) is 9.76. The normalized spacial score (nSPS) is 16.8. The van der Waals surface area contributed by atoms with Crippen molar-refractivity contribution in [2.45, 2.75) is 52.5 Å². The van der Waals surface area contributed by atoms with Crippen molar-refractivity contribution in [3.05, 3.63) is 35.9 Å². The fourth-order valence-electron chi connectivity index (χ4n) is 3.54. The summed E-state index contributed by atoms with van der Waals surface area (Å²) in [4.78, 5) is 7.00. The van der Waals surface area contributed by atoms with Crippen LogP contribution in [0.1, 0.15) is 45.6 Å². The number of hydrogen-bond acceptors (Lipinski definition) is 2. The Balaban J connectivity index is 0.00000338. The van der Waals surface area contributed by atoms with E-state index in [1.54, 1.807) is 0 Å². The summed E-state index contributed by atoms with van der Waals surface area (Å²) in [5.74, 6) is 0.940. The van der Waals surface area contributed by atoms with E-state index < -0.39 is 0 Å². The maximum atomic E-state index is 4.43. The number of halogens is 1. The first-order valence-electron chi connectivity index (χ1n) is 9.76. The predicted octanol–water partition coefficient (Wildman–Crippen LogP) is 3.91. The molecule has 148 valence electrons. The SMILES string of the molecule is CCCN1CCC(NC(=NC)NCC(C)(C)Cc2ccccc2)CC1.I. The van der Waals surface area contributed by atoms with Gasteiger partial charge in [0.05, 0.1) is 0 Å². The van der Waals surface area contributed by atoms with Gasteiger partial charge >= 0.3 is 0 Å². The van der Waals surface area contributed by atoms with Gasteiger partial charge in [0, 0.05) is 32.7 Å². The van der Waals surface area contributed by atoms with Crippen molar-refractivity contribution >= 4 is 29.9 Å². The van der Waals surface area contributed by atoms with Gasteiger partial charge < -0.3 is 15.5 Å². The van der Waals surface area contributed by atoms with Gasteiger partial charge in [0.15, 0.2) is 5.96 Å². The van der Waals surface area contributed by atoms with E-state index in [9.17, 15) is 0 Å². The monoisotopic (exact) mass is 472 g/mol. The summed E-state index contributed by atoms with van der Waals surface area (Å²) in [6.07, 6.45) is 4.72. The molecule has 0 saturated carbocycles. The Morgan fingerprint density at radius 3 is 2.42 bits per heavy atom. The Morgan fingerprint density at radius 2 is 1.85 bits per heavy atom. The molecule has 0 radical (unpaired) electrons. The van der Waals surface area contributed by atoms with Crippen LogP contribution in [0, 0.1) is 5.41 Å². The second kappa shape index (κ2) is 11.8. The van der Waals surface area contributed by atoms with Crippen LogP contribution in [0.25, 0.3) is 0 Å². The van der Waals surface area contributed by atoms with E-state index in [1.165, 1.54) is 44.5 Å². The van der Waals surface area contributed by atoms with E-state index >= 15 is 0 Å². The smallest absolute Gasteiger partial charge is 0.191 e. The van der Waals surface area contributed by atoms with Crippen molar-refractivity contribution < 1.29 is 0 Å². The Kier molecular flexibility index (Phi) is 10.5. The highest BCUT2D eigenvalue weighted by atomic mass is 127. The van der Waals surface area contributed by atoms with Crippen molar-refractivity contribution in [3.63, 3.8) is 0 Å². The Morgan fingerprint density at radius 1 is 1.19 bits per heavy atom. The molecule has 0 aromatic heterocycles. The Hall–Kier alpha value is -0.820.